The number of benzene rings is 1. The SMILES string of the molecule is CC.CC1(C2CO2)CCN(C(=O)/C=C/c2ccccc2)CC1. The Kier molecular flexibility index (Phi) is 5.78. The highest BCUT2D eigenvalue weighted by atomic mass is 16.6. The molecule has 0 bridgehead atoms. The highest BCUT2D eigenvalue weighted by Gasteiger charge is 2.45. The van der Waals surface area contributed by atoms with E-state index in [9.17, 15) is 4.79 Å². The highest BCUT2D eigenvalue weighted by Crippen LogP contribution is 2.41. The van der Waals surface area contributed by atoms with E-state index in [2.05, 4.69) is 6.92 Å². The number of carbonyl (C=O) groups excluding carboxylic acids is 1. The van der Waals surface area contributed by atoms with Crippen LogP contribution in [0.2, 0.25) is 0 Å². The quantitative estimate of drug-likeness (QED) is 0.629. The summed E-state index contributed by atoms with van der Waals surface area (Å²) in [7, 11) is 0. The van der Waals surface area contributed by atoms with Gasteiger partial charge in [-0.25, -0.2) is 0 Å². The second-order valence-electron chi connectivity index (χ2n) is 6.05. The normalized spacial score (nSPS) is 22.9. The van der Waals surface area contributed by atoms with Crippen molar-refractivity contribution < 1.29 is 9.53 Å². The molecule has 2 aliphatic heterocycles. The van der Waals surface area contributed by atoms with Gasteiger partial charge in [-0.15, -0.1) is 0 Å². The van der Waals surface area contributed by atoms with Crippen molar-refractivity contribution in [3.05, 3.63) is 42.0 Å². The van der Waals surface area contributed by atoms with Crippen molar-refractivity contribution >= 4 is 12.0 Å². The molecule has 2 heterocycles. The van der Waals surface area contributed by atoms with Crippen molar-refractivity contribution in [1.82, 2.24) is 4.90 Å². The van der Waals surface area contributed by atoms with E-state index in [1.807, 2.05) is 55.2 Å². The number of piperidine rings is 1. The fourth-order valence-electron chi connectivity index (χ4n) is 2.85. The van der Waals surface area contributed by atoms with Gasteiger partial charge in [-0.2, -0.15) is 0 Å². The van der Waals surface area contributed by atoms with Crippen LogP contribution in [0.1, 0.15) is 39.2 Å². The Labute approximate surface area is 134 Å². The predicted octanol–water partition coefficient (Wildman–Crippen LogP) is 3.75. The highest BCUT2D eigenvalue weighted by molar-refractivity contribution is 5.91. The molecule has 1 unspecified atom stereocenters. The summed E-state index contributed by atoms with van der Waals surface area (Å²) < 4.78 is 5.43. The van der Waals surface area contributed by atoms with Crippen LogP contribution in [0.25, 0.3) is 6.08 Å². The van der Waals surface area contributed by atoms with E-state index in [-0.39, 0.29) is 11.3 Å². The summed E-state index contributed by atoms with van der Waals surface area (Å²) in [6.45, 7) is 8.87. The molecule has 1 amide bonds. The Morgan fingerprint density at radius 1 is 1.23 bits per heavy atom. The third-order valence-corrected chi connectivity index (χ3v) is 4.55. The molecular weight excluding hydrogens is 274 g/mol. The second-order valence-corrected chi connectivity index (χ2v) is 6.05. The molecule has 3 heteroatoms. The van der Waals surface area contributed by atoms with Gasteiger partial charge in [0.05, 0.1) is 12.7 Å². The monoisotopic (exact) mass is 301 g/mol. The molecule has 2 fully saturated rings. The molecule has 0 spiro atoms. The van der Waals surface area contributed by atoms with Gasteiger partial charge in [0.25, 0.3) is 0 Å². The molecule has 0 N–H and O–H groups in total. The Balaban J connectivity index is 0.000000847. The molecule has 120 valence electrons. The van der Waals surface area contributed by atoms with Crippen molar-refractivity contribution in [2.45, 2.75) is 39.7 Å². The van der Waals surface area contributed by atoms with Gasteiger partial charge in [0.2, 0.25) is 5.91 Å². The Hall–Kier alpha value is -1.61. The van der Waals surface area contributed by atoms with Gasteiger partial charge in [-0.3, -0.25) is 4.79 Å². The Morgan fingerprint density at radius 2 is 1.82 bits per heavy atom. The summed E-state index contributed by atoms with van der Waals surface area (Å²) in [6.07, 6.45) is 6.09. The lowest BCUT2D eigenvalue weighted by Crippen LogP contribution is -2.43. The molecule has 3 rings (SSSR count). The first-order valence-corrected chi connectivity index (χ1v) is 8.31. The smallest absolute Gasteiger partial charge is 0.246 e. The average molecular weight is 301 g/mol. The van der Waals surface area contributed by atoms with Gasteiger partial charge >= 0.3 is 0 Å². The molecule has 2 aliphatic rings. The Morgan fingerprint density at radius 3 is 2.36 bits per heavy atom. The van der Waals surface area contributed by atoms with Crippen molar-refractivity contribution in [2.75, 3.05) is 19.7 Å². The molecule has 0 aromatic heterocycles. The van der Waals surface area contributed by atoms with Crippen molar-refractivity contribution in [3.8, 4) is 0 Å². The molecule has 1 aromatic carbocycles. The number of epoxide rings is 1. The number of hydrogen-bond donors (Lipinski definition) is 0. The summed E-state index contributed by atoms with van der Waals surface area (Å²) >= 11 is 0. The lowest BCUT2D eigenvalue weighted by Gasteiger charge is -2.38. The molecule has 1 atom stereocenters. The fourth-order valence-corrected chi connectivity index (χ4v) is 2.85. The summed E-state index contributed by atoms with van der Waals surface area (Å²) in [6, 6.07) is 9.94. The summed E-state index contributed by atoms with van der Waals surface area (Å²) in [5.41, 5.74) is 1.34. The summed E-state index contributed by atoms with van der Waals surface area (Å²) in [5.74, 6) is 0.118. The van der Waals surface area contributed by atoms with E-state index in [4.69, 9.17) is 4.74 Å². The first kappa shape index (κ1) is 16.8. The van der Waals surface area contributed by atoms with Crippen LogP contribution < -0.4 is 0 Å². The largest absolute Gasteiger partial charge is 0.373 e. The zero-order valence-electron chi connectivity index (χ0n) is 13.9. The van der Waals surface area contributed by atoms with Crippen LogP contribution >= 0.6 is 0 Å². The third kappa shape index (κ3) is 4.20. The van der Waals surface area contributed by atoms with Crippen LogP contribution in [-0.2, 0) is 9.53 Å². The van der Waals surface area contributed by atoms with Crippen molar-refractivity contribution in [2.24, 2.45) is 5.41 Å². The Bertz CT molecular complexity index is 497. The lowest BCUT2D eigenvalue weighted by molar-refractivity contribution is -0.128. The topological polar surface area (TPSA) is 32.8 Å². The molecule has 0 saturated carbocycles. The van der Waals surface area contributed by atoms with Gasteiger partial charge in [-0.05, 0) is 29.9 Å². The van der Waals surface area contributed by atoms with E-state index in [1.165, 1.54) is 0 Å². The van der Waals surface area contributed by atoms with Gasteiger partial charge in [0, 0.05) is 19.2 Å². The minimum absolute atomic E-state index is 0.118. The molecule has 1 aromatic rings. The number of rotatable bonds is 3. The van der Waals surface area contributed by atoms with E-state index in [0.717, 1.165) is 38.1 Å². The molecule has 3 nitrogen and oxygen atoms in total. The van der Waals surface area contributed by atoms with Crippen LogP contribution in [-0.4, -0.2) is 36.6 Å². The van der Waals surface area contributed by atoms with E-state index < -0.39 is 0 Å². The minimum Gasteiger partial charge on any atom is -0.373 e. The zero-order chi connectivity index (χ0) is 16.0. The van der Waals surface area contributed by atoms with Crippen LogP contribution in [0.4, 0.5) is 0 Å². The lowest BCUT2D eigenvalue weighted by atomic mass is 9.77. The third-order valence-electron chi connectivity index (χ3n) is 4.55. The first-order valence-electron chi connectivity index (χ1n) is 8.31. The predicted molar refractivity (Wildman–Crippen MR) is 90.5 cm³/mol. The standard InChI is InChI=1S/C17H21NO2.C2H6/c1-17(15-13-20-15)9-11-18(12-10-17)16(19)8-7-14-5-3-2-4-6-14;1-2/h2-8,15H,9-13H2,1H3;1-2H3/b8-7+;. The maximum Gasteiger partial charge on any atom is 0.246 e. The maximum atomic E-state index is 12.2. The zero-order valence-corrected chi connectivity index (χ0v) is 13.9. The second kappa shape index (κ2) is 7.59. The van der Waals surface area contributed by atoms with E-state index in [1.54, 1.807) is 6.08 Å². The molecule has 22 heavy (non-hydrogen) atoms. The van der Waals surface area contributed by atoms with Gasteiger partial charge in [0.1, 0.15) is 0 Å². The molecular formula is C19H27NO2. The minimum atomic E-state index is 0.118. The van der Waals surface area contributed by atoms with Gasteiger partial charge in [0.15, 0.2) is 0 Å². The average Bonchev–Trinajstić information content (AvgIpc) is 3.42. The summed E-state index contributed by atoms with van der Waals surface area (Å²) in [5, 5.41) is 0. The van der Waals surface area contributed by atoms with E-state index in [0.29, 0.717) is 6.10 Å². The number of ether oxygens (including phenoxy) is 1. The number of carbonyl (C=O) groups is 1. The molecule has 0 aliphatic carbocycles. The van der Waals surface area contributed by atoms with E-state index >= 15 is 0 Å². The molecule has 0 radical (unpaired) electrons. The number of hydrogen-bond acceptors (Lipinski definition) is 2. The molecule has 2 saturated heterocycles. The van der Waals surface area contributed by atoms with Gasteiger partial charge < -0.3 is 9.64 Å². The number of amides is 1. The maximum absolute atomic E-state index is 12.2. The first-order chi connectivity index (χ1) is 10.7. The van der Waals surface area contributed by atoms with Crippen LogP contribution in [0.5, 0.6) is 0 Å². The fraction of sp³-hybridized carbons (Fsp3) is 0.526. The summed E-state index contributed by atoms with van der Waals surface area (Å²) in [4.78, 5) is 14.1. The van der Waals surface area contributed by atoms with Crippen LogP contribution in [0.15, 0.2) is 36.4 Å². The van der Waals surface area contributed by atoms with Crippen LogP contribution in [0, 0.1) is 5.41 Å². The number of nitrogens with zero attached hydrogens (tertiary/aromatic N) is 1. The van der Waals surface area contributed by atoms with Crippen LogP contribution in [0.3, 0.4) is 0 Å². The van der Waals surface area contributed by atoms with Crippen molar-refractivity contribution in [3.63, 3.8) is 0 Å². The van der Waals surface area contributed by atoms with Gasteiger partial charge in [-0.1, -0.05) is 51.1 Å². The van der Waals surface area contributed by atoms with Crippen molar-refractivity contribution in [1.29, 1.82) is 0 Å². The number of likely N-dealkylation sites (tertiary alicyclic amines) is 1.